The Labute approximate surface area is 252 Å². The number of fused-ring (bicyclic) bond motifs is 1. The minimum absolute atomic E-state index is 0.0747. The van der Waals surface area contributed by atoms with Gasteiger partial charge < -0.3 is 26.3 Å². The molecule has 0 saturated carbocycles. The van der Waals surface area contributed by atoms with Gasteiger partial charge in [-0.2, -0.15) is 0 Å². The molecule has 4 aromatic rings. The predicted molar refractivity (Wildman–Crippen MR) is 161 cm³/mol. The van der Waals surface area contributed by atoms with Gasteiger partial charge in [-0.3, -0.25) is 24.0 Å². The van der Waals surface area contributed by atoms with Gasteiger partial charge in [0.1, 0.15) is 17.6 Å². The van der Waals surface area contributed by atoms with Gasteiger partial charge in [0.15, 0.2) is 0 Å². The van der Waals surface area contributed by atoms with Gasteiger partial charge in [0, 0.05) is 36.3 Å². The molecule has 1 aliphatic heterocycles. The van der Waals surface area contributed by atoms with Crippen molar-refractivity contribution in [1.29, 1.82) is 0 Å². The Morgan fingerprint density at radius 2 is 1.57 bits per heavy atom. The molecule has 10 nitrogen and oxygen atoms in total. The first-order chi connectivity index (χ1) is 21.3. The van der Waals surface area contributed by atoms with Crippen LogP contribution in [-0.2, 0) is 32.1 Å². The largest absolute Gasteiger partial charge is 0.356 e. The second kappa shape index (κ2) is 13.8. The number of Topliss-reactive ketones (excluding diaryl/α,β-unsaturated/α-hetero) is 1. The Balaban J connectivity index is 1.35. The second-order valence-electron chi connectivity index (χ2n) is 10.7. The number of hydrogen-bond donors (Lipinski definition) is 5. The van der Waals surface area contributed by atoms with Crippen LogP contribution in [-0.4, -0.2) is 53.0 Å². The van der Waals surface area contributed by atoms with Crippen molar-refractivity contribution in [2.45, 2.75) is 37.9 Å². The van der Waals surface area contributed by atoms with Crippen LogP contribution in [0.2, 0.25) is 0 Å². The Kier molecular flexibility index (Phi) is 9.43. The molecule has 2 heterocycles. The molecule has 11 heteroatoms. The smallest absolute Gasteiger partial charge is 0.289 e. The molecule has 3 aromatic carbocycles. The van der Waals surface area contributed by atoms with Crippen molar-refractivity contribution < 1.29 is 28.4 Å². The van der Waals surface area contributed by atoms with Crippen LogP contribution >= 0.6 is 0 Å². The minimum atomic E-state index is -1.31. The molecule has 4 amide bonds. The van der Waals surface area contributed by atoms with Gasteiger partial charge in [-0.1, -0.05) is 60.7 Å². The lowest BCUT2D eigenvalue weighted by Crippen LogP contribution is -2.55. The lowest BCUT2D eigenvalue weighted by Gasteiger charge is -2.24. The van der Waals surface area contributed by atoms with E-state index in [1.807, 2.05) is 12.1 Å². The van der Waals surface area contributed by atoms with Crippen molar-refractivity contribution in [3.8, 4) is 0 Å². The van der Waals surface area contributed by atoms with Crippen molar-refractivity contribution in [3.05, 3.63) is 108 Å². The molecule has 0 bridgehead atoms. The molecule has 1 aliphatic rings. The van der Waals surface area contributed by atoms with E-state index in [0.29, 0.717) is 23.9 Å². The van der Waals surface area contributed by atoms with Crippen LogP contribution in [0, 0.1) is 11.7 Å². The summed E-state index contributed by atoms with van der Waals surface area (Å²) in [7, 11) is 0. The fraction of sp³-hybridized carbons (Fsp3) is 0.242. The summed E-state index contributed by atoms with van der Waals surface area (Å²) in [4.78, 5) is 68.6. The Bertz CT molecular complexity index is 1670. The highest BCUT2D eigenvalue weighted by Crippen LogP contribution is 2.19. The number of aromatic nitrogens is 1. The topological polar surface area (TPSA) is 149 Å². The molecule has 1 unspecified atom stereocenters. The quantitative estimate of drug-likeness (QED) is 0.159. The van der Waals surface area contributed by atoms with E-state index in [-0.39, 0.29) is 31.0 Å². The van der Waals surface area contributed by atoms with E-state index in [9.17, 15) is 28.4 Å². The van der Waals surface area contributed by atoms with Gasteiger partial charge in [-0.15, -0.1) is 0 Å². The van der Waals surface area contributed by atoms with Crippen molar-refractivity contribution in [2.24, 2.45) is 5.92 Å². The average Bonchev–Trinajstić information content (AvgIpc) is 3.65. The molecule has 226 valence electrons. The Hall–Kier alpha value is -5.32. The molecule has 1 saturated heterocycles. The van der Waals surface area contributed by atoms with Crippen LogP contribution in [0.25, 0.3) is 10.9 Å². The molecule has 5 N–H and O–H groups in total. The molecule has 1 fully saturated rings. The summed E-state index contributed by atoms with van der Waals surface area (Å²) in [5.74, 6) is -4.38. The number of halogens is 1. The number of carbonyl (C=O) groups excluding carboxylic acids is 5. The number of rotatable bonds is 12. The van der Waals surface area contributed by atoms with Gasteiger partial charge in [-0.25, -0.2) is 4.39 Å². The third-order valence-electron chi connectivity index (χ3n) is 7.57. The van der Waals surface area contributed by atoms with E-state index in [1.165, 1.54) is 24.3 Å². The molecular weight excluding hydrogens is 565 g/mol. The van der Waals surface area contributed by atoms with E-state index in [0.717, 1.165) is 11.1 Å². The van der Waals surface area contributed by atoms with E-state index in [2.05, 4.69) is 26.3 Å². The number of carbonyl (C=O) groups is 5. The fourth-order valence-corrected chi connectivity index (χ4v) is 5.20. The van der Waals surface area contributed by atoms with E-state index in [4.69, 9.17) is 0 Å². The highest BCUT2D eigenvalue weighted by Gasteiger charge is 2.35. The summed E-state index contributed by atoms with van der Waals surface area (Å²) < 4.78 is 13.7. The van der Waals surface area contributed by atoms with Crippen molar-refractivity contribution in [2.75, 3.05) is 6.54 Å². The van der Waals surface area contributed by atoms with Crippen LogP contribution < -0.4 is 21.3 Å². The standard InChI is InChI=1S/C33H32FN5O5/c34-24-11-12-25-23(16-24)18-28(37-25)32(43)39-27(15-20-7-3-1-4-8-20)31(42)38-26(17-22-13-14-35-30(22)41)29(40)33(44)36-19-21-9-5-2-6-10-21/h1-12,16,18,22,26-27,37H,13-15,17,19H2,(H,35,41)(H,36,44)(H,38,42)(H,39,43)/t22-,26?,27-/m0/s1. The first kappa shape index (κ1) is 30.1. The highest BCUT2D eigenvalue weighted by molar-refractivity contribution is 6.38. The van der Waals surface area contributed by atoms with Crippen molar-refractivity contribution in [1.82, 2.24) is 26.3 Å². The molecular formula is C33H32FN5O5. The second-order valence-corrected chi connectivity index (χ2v) is 10.7. The maximum absolute atomic E-state index is 13.7. The number of nitrogens with one attached hydrogen (secondary N) is 5. The zero-order valence-electron chi connectivity index (χ0n) is 23.8. The lowest BCUT2D eigenvalue weighted by molar-refractivity contribution is -0.141. The summed E-state index contributed by atoms with van der Waals surface area (Å²) in [5, 5.41) is 11.1. The summed E-state index contributed by atoms with van der Waals surface area (Å²) in [6.07, 6.45) is 0.461. The molecule has 0 radical (unpaired) electrons. The predicted octanol–water partition coefficient (Wildman–Crippen LogP) is 2.54. The van der Waals surface area contributed by atoms with Crippen LogP contribution in [0.15, 0.2) is 84.9 Å². The van der Waals surface area contributed by atoms with E-state index < -0.39 is 47.3 Å². The number of amides is 4. The van der Waals surface area contributed by atoms with Crippen molar-refractivity contribution in [3.63, 3.8) is 0 Å². The molecule has 3 atom stereocenters. The van der Waals surface area contributed by atoms with Gasteiger partial charge in [-0.05, 0) is 48.2 Å². The lowest BCUT2D eigenvalue weighted by atomic mass is 9.94. The first-order valence-electron chi connectivity index (χ1n) is 14.3. The SMILES string of the molecule is O=C(NCc1ccccc1)C(=O)C(C[C@@H]1CCNC1=O)NC(=O)[C@H](Cc1ccccc1)NC(=O)c1cc2cc(F)ccc2[nH]1. The zero-order valence-corrected chi connectivity index (χ0v) is 23.8. The van der Waals surface area contributed by atoms with Crippen LogP contribution in [0.4, 0.5) is 4.39 Å². The van der Waals surface area contributed by atoms with Gasteiger partial charge in [0.2, 0.25) is 17.6 Å². The molecule has 1 aromatic heterocycles. The zero-order chi connectivity index (χ0) is 31.1. The Morgan fingerprint density at radius 1 is 0.864 bits per heavy atom. The third kappa shape index (κ3) is 7.54. The number of hydrogen-bond acceptors (Lipinski definition) is 5. The number of ketones is 1. The van der Waals surface area contributed by atoms with Gasteiger partial charge in [0.25, 0.3) is 11.8 Å². The fourth-order valence-electron chi connectivity index (χ4n) is 5.20. The van der Waals surface area contributed by atoms with Gasteiger partial charge in [0.05, 0.1) is 6.04 Å². The number of aromatic amines is 1. The van der Waals surface area contributed by atoms with Crippen LogP contribution in [0.1, 0.15) is 34.5 Å². The monoisotopic (exact) mass is 597 g/mol. The average molecular weight is 598 g/mol. The Morgan fingerprint density at radius 3 is 2.25 bits per heavy atom. The molecule has 5 rings (SSSR count). The molecule has 0 aliphatic carbocycles. The normalized spacial score (nSPS) is 15.7. The molecule has 0 spiro atoms. The maximum atomic E-state index is 13.7. The highest BCUT2D eigenvalue weighted by atomic mass is 19.1. The van der Waals surface area contributed by atoms with Crippen LogP contribution in [0.3, 0.4) is 0 Å². The maximum Gasteiger partial charge on any atom is 0.289 e. The number of H-pyrrole nitrogens is 1. The molecule has 44 heavy (non-hydrogen) atoms. The minimum Gasteiger partial charge on any atom is -0.356 e. The first-order valence-corrected chi connectivity index (χ1v) is 14.3. The summed E-state index contributed by atoms with van der Waals surface area (Å²) in [6, 6.07) is 21.1. The third-order valence-corrected chi connectivity index (χ3v) is 7.57. The van der Waals surface area contributed by atoms with Crippen molar-refractivity contribution >= 4 is 40.3 Å². The van der Waals surface area contributed by atoms with E-state index in [1.54, 1.807) is 48.5 Å². The summed E-state index contributed by atoms with van der Waals surface area (Å²) in [5.41, 5.74) is 2.19. The summed E-state index contributed by atoms with van der Waals surface area (Å²) >= 11 is 0. The van der Waals surface area contributed by atoms with Crippen LogP contribution in [0.5, 0.6) is 0 Å². The summed E-state index contributed by atoms with van der Waals surface area (Å²) in [6.45, 7) is 0.538. The van der Waals surface area contributed by atoms with Gasteiger partial charge >= 0.3 is 0 Å². The van der Waals surface area contributed by atoms with E-state index >= 15 is 0 Å². The number of benzene rings is 3.